The molecular formula is C12H16N4O2. The zero-order valence-corrected chi connectivity index (χ0v) is 10.3. The number of anilines is 1. The topological polar surface area (TPSA) is 85.9 Å². The van der Waals surface area contributed by atoms with Crippen LogP contribution in [0.4, 0.5) is 5.82 Å². The largest absolute Gasteiger partial charge is 0.382 e. The molecular weight excluding hydrogens is 232 g/mol. The lowest BCUT2D eigenvalue weighted by Gasteiger charge is -2.14. The Morgan fingerprint density at radius 3 is 3.22 bits per heavy atom. The molecule has 1 aliphatic rings. The van der Waals surface area contributed by atoms with E-state index in [-0.39, 0.29) is 17.5 Å². The van der Waals surface area contributed by atoms with Crippen LogP contribution in [0.1, 0.15) is 18.5 Å². The summed E-state index contributed by atoms with van der Waals surface area (Å²) in [5.74, 6) is 0.260. The van der Waals surface area contributed by atoms with E-state index in [9.17, 15) is 4.79 Å². The van der Waals surface area contributed by atoms with Gasteiger partial charge in [-0.2, -0.15) is 5.10 Å². The van der Waals surface area contributed by atoms with Crippen molar-refractivity contribution in [3.05, 3.63) is 22.1 Å². The van der Waals surface area contributed by atoms with Gasteiger partial charge in [0.15, 0.2) is 5.82 Å². The molecule has 1 aliphatic heterocycles. The lowest BCUT2D eigenvalue weighted by molar-refractivity contribution is 0.0958. The standard InChI is InChI=1S/C12H16N4O2/c1-7-5-9-10(11(13)15-14-9)12(17)16(7)6-8-3-2-4-18-8/h5,8H,2-4,6H2,1H3,(H3,13,14,15). The summed E-state index contributed by atoms with van der Waals surface area (Å²) in [6, 6.07) is 1.90. The number of fused-ring (bicyclic) bond motifs is 1. The normalized spacial score (nSPS) is 19.7. The van der Waals surface area contributed by atoms with E-state index in [1.54, 1.807) is 4.57 Å². The van der Waals surface area contributed by atoms with E-state index in [0.29, 0.717) is 17.4 Å². The number of hydrogen-bond acceptors (Lipinski definition) is 4. The second-order valence-electron chi connectivity index (χ2n) is 4.73. The minimum atomic E-state index is -0.0910. The first kappa shape index (κ1) is 11.3. The Labute approximate surface area is 104 Å². The van der Waals surface area contributed by atoms with Crippen LogP contribution >= 0.6 is 0 Å². The summed E-state index contributed by atoms with van der Waals surface area (Å²) in [5.41, 5.74) is 7.21. The maximum Gasteiger partial charge on any atom is 0.264 e. The molecule has 0 amide bonds. The van der Waals surface area contributed by atoms with Crippen molar-refractivity contribution in [2.45, 2.75) is 32.4 Å². The lowest BCUT2D eigenvalue weighted by Crippen LogP contribution is -2.28. The summed E-state index contributed by atoms with van der Waals surface area (Å²) in [4.78, 5) is 12.4. The van der Waals surface area contributed by atoms with Crippen molar-refractivity contribution in [2.75, 3.05) is 12.3 Å². The molecule has 0 spiro atoms. The Kier molecular flexibility index (Phi) is 2.59. The number of rotatable bonds is 2. The van der Waals surface area contributed by atoms with Gasteiger partial charge in [-0.25, -0.2) is 0 Å². The Morgan fingerprint density at radius 2 is 2.50 bits per heavy atom. The molecule has 6 heteroatoms. The zero-order valence-electron chi connectivity index (χ0n) is 10.3. The zero-order chi connectivity index (χ0) is 12.7. The number of nitrogen functional groups attached to an aromatic ring is 1. The highest BCUT2D eigenvalue weighted by Gasteiger charge is 2.19. The first-order valence-electron chi connectivity index (χ1n) is 6.12. The molecule has 0 saturated carbocycles. The third-order valence-corrected chi connectivity index (χ3v) is 3.47. The summed E-state index contributed by atoms with van der Waals surface area (Å²) in [5, 5.41) is 7.12. The molecule has 1 unspecified atom stereocenters. The van der Waals surface area contributed by atoms with Gasteiger partial charge in [0.05, 0.1) is 18.2 Å². The van der Waals surface area contributed by atoms with Crippen LogP contribution in [0.5, 0.6) is 0 Å². The van der Waals surface area contributed by atoms with Crippen molar-refractivity contribution in [3.63, 3.8) is 0 Å². The Balaban J connectivity index is 2.09. The molecule has 0 aliphatic carbocycles. The smallest absolute Gasteiger partial charge is 0.264 e. The average Bonchev–Trinajstić information content (AvgIpc) is 2.95. The van der Waals surface area contributed by atoms with Crippen LogP contribution in [-0.4, -0.2) is 27.5 Å². The molecule has 2 aromatic heterocycles. The first-order chi connectivity index (χ1) is 8.66. The van der Waals surface area contributed by atoms with Gasteiger partial charge in [0.25, 0.3) is 5.56 Å². The van der Waals surface area contributed by atoms with E-state index >= 15 is 0 Å². The van der Waals surface area contributed by atoms with Gasteiger partial charge in [-0.15, -0.1) is 0 Å². The number of hydrogen-bond donors (Lipinski definition) is 2. The fraction of sp³-hybridized carbons (Fsp3) is 0.500. The number of ether oxygens (including phenoxy) is 1. The van der Waals surface area contributed by atoms with Gasteiger partial charge < -0.3 is 15.0 Å². The molecule has 6 nitrogen and oxygen atoms in total. The molecule has 3 N–H and O–H groups in total. The van der Waals surface area contributed by atoms with Crippen molar-refractivity contribution in [3.8, 4) is 0 Å². The fourth-order valence-electron chi connectivity index (χ4n) is 2.50. The summed E-state index contributed by atoms with van der Waals surface area (Å²) in [7, 11) is 0. The number of aromatic nitrogens is 3. The Bertz CT molecular complexity index is 637. The second kappa shape index (κ2) is 4.13. The van der Waals surface area contributed by atoms with Crippen molar-refractivity contribution in [1.29, 1.82) is 0 Å². The van der Waals surface area contributed by atoms with E-state index in [1.165, 1.54) is 0 Å². The van der Waals surface area contributed by atoms with Gasteiger partial charge in [-0.3, -0.25) is 9.89 Å². The molecule has 3 rings (SSSR count). The van der Waals surface area contributed by atoms with Crippen molar-refractivity contribution in [1.82, 2.24) is 14.8 Å². The lowest BCUT2D eigenvalue weighted by atomic mass is 10.2. The maximum absolute atomic E-state index is 12.4. The Hall–Kier alpha value is -1.82. The first-order valence-corrected chi connectivity index (χ1v) is 6.12. The van der Waals surface area contributed by atoms with E-state index in [0.717, 1.165) is 25.1 Å². The van der Waals surface area contributed by atoms with Crippen molar-refractivity contribution in [2.24, 2.45) is 0 Å². The van der Waals surface area contributed by atoms with Crippen LogP contribution in [-0.2, 0) is 11.3 Å². The third-order valence-electron chi connectivity index (χ3n) is 3.47. The highest BCUT2D eigenvalue weighted by atomic mass is 16.5. The van der Waals surface area contributed by atoms with Gasteiger partial charge >= 0.3 is 0 Å². The van der Waals surface area contributed by atoms with Gasteiger partial charge in [0.1, 0.15) is 5.39 Å². The molecule has 18 heavy (non-hydrogen) atoms. The van der Waals surface area contributed by atoms with Crippen LogP contribution in [0, 0.1) is 6.92 Å². The molecule has 2 aromatic rings. The quantitative estimate of drug-likeness (QED) is 0.822. The van der Waals surface area contributed by atoms with Gasteiger partial charge in [0.2, 0.25) is 0 Å². The minimum Gasteiger partial charge on any atom is -0.382 e. The van der Waals surface area contributed by atoms with Crippen LogP contribution in [0.3, 0.4) is 0 Å². The average molecular weight is 248 g/mol. The maximum atomic E-state index is 12.4. The number of nitrogens with zero attached hydrogens (tertiary/aromatic N) is 2. The Morgan fingerprint density at radius 1 is 1.67 bits per heavy atom. The van der Waals surface area contributed by atoms with Crippen LogP contribution in [0.25, 0.3) is 10.9 Å². The predicted octanol–water partition coefficient (Wildman–Crippen LogP) is 0.794. The van der Waals surface area contributed by atoms with E-state index in [2.05, 4.69) is 10.2 Å². The van der Waals surface area contributed by atoms with E-state index in [4.69, 9.17) is 10.5 Å². The van der Waals surface area contributed by atoms with Gasteiger partial charge in [0, 0.05) is 12.3 Å². The van der Waals surface area contributed by atoms with Crippen molar-refractivity contribution < 1.29 is 4.74 Å². The van der Waals surface area contributed by atoms with Crippen molar-refractivity contribution >= 4 is 16.7 Å². The second-order valence-corrected chi connectivity index (χ2v) is 4.73. The summed E-state index contributed by atoms with van der Waals surface area (Å²) in [6.45, 7) is 3.28. The SMILES string of the molecule is Cc1cc2[nH]nc(N)c2c(=O)n1CC1CCCO1. The number of nitrogens with one attached hydrogen (secondary N) is 1. The van der Waals surface area contributed by atoms with Gasteiger partial charge in [-0.1, -0.05) is 0 Å². The molecule has 1 atom stereocenters. The minimum absolute atomic E-state index is 0.0910. The summed E-state index contributed by atoms with van der Waals surface area (Å²) >= 11 is 0. The van der Waals surface area contributed by atoms with Crippen LogP contribution in [0.15, 0.2) is 10.9 Å². The summed E-state index contributed by atoms with van der Waals surface area (Å²) in [6.07, 6.45) is 2.20. The molecule has 0 bridgehead atoms. The highest BCUT2D eigenvalue weighted by Crippen LogP contribution is 2.17. The highest BCUT2D eigenvalue weighted by molar-refractivity contribution is 5.87. The molecule has 3 heterocycles. The van der Waals surface area contributed by atoms with E-state index < -0.39 is 0 Å². The van der Waals surface area contributed by atoms with Gasteiger partial charge in [-0.05, 0) is 25.8 Å². The molecule has 1 saturated heterocycles. The molecule has 96 valence electrons. The predicted molar refractivity (Wildman–Crippen MR) is 68.5 cm³/mol. The number of pyridine rings is 1. The number of aromatic amines is 1. The molecule has 0 aromatic carbocycles. The van der Waals surface area contributed by atoms with Crippen LogP contribution < -0.4 is 11.3 Å². The third kappa shape index (κ3) is 1.69. The monoisotopic (exact) mass is 248 g/mol. The van der Waals surface area contributed by atoms with E-state index in [1.807, 2.05) is 13.0 Å². The molecule has 0 radical (unpaired) electrons. The summed E-state index contributed by atoms with van der Waals surface area (Å²) < 4.78 is 7.30. The number of nitrogens with two attached hydrogens (primary N) is 1. The molecule has 1 fully saturated rings. The number of H-pyrrole nitrogens is 1. The van der Waals surface area contributed by atoms with Crippen LogP contribution in [0.2, 0.25) is 0 Å². The number of aryl methyl sites for hydroxylation is 1. The fourth-order valence-corrected chi connectivity index (χ4v) is 2.50.